The van der Waals surface area contributed by atoms with Crippen LogP contribution in [0.3, 0.4) is 0 Å². The van der Waals surface area contributed by atoms with Crippen LogP contribution in [0.5, 0.6) is 0 Å². The largest absolute Gasteiger partial charge is 0.276 e. The molecule has 4 nitrogen and oxygen atoms in total. The Morgan fingerprint density at radius 3 is 1.13 bits per heavy atom. The van der Waals surface area contributed by atoms with E-state index in [4.69, 9.17) is 15.0 Å². The van der Waals surface area contributed by atoms with Gasteiger partial charge in [-0.1, -0.05) is 243 Å². The van der Waals surface area contributed by atoms with E-state index in [2.05, 4.69) is 271 Å². The van der Waals surface area contributed by atoms with Crippen molar-refractivity contribution in [1.29, 1.82) is 0 Å². The molecule has 0 atom stereocenters. The van der Waals surface area contributed by atoms with E-state index in [1.807, 2.05) is 47.7 Å². The van der Waals surface area contributed by atoms with Crippen LogP contribution in [0, 0.1) is 0 Å². The summed E-state index contributed by atoms with van der Waals surface area (Å²) in [5.74, 6) is 1.86. The normalized spacial score (nSPS) is 11.7. The van der Waals surface area contributed by atoms with Crippen LogP contribution in [0.2, 0.25) is 0 Å². The van der Waals surface area contributed by atoms with Crippen LogP contribution in [0.15, 0.2) is 303 Å². The number of aromatic nitrogens is 4. The molecule has 3 heterocycles. The minimum Gasteiger partial charge on any atom is -0.276 e. The summed E-state index contributed by atoms with van der Waals surface area (Å²) in [7, 11) is 0. The molecule has 0 aliphatic heterocycles. The Morgan fingerprint density at radius 2 is 0.581 bits per heavy atom. The van der Waals surface area contributed by atoms with Crippen LogP contribution in [-0.4, -0.2) is 19.5 Å². The van der Waals surface area contributed by atoms with Crippen molar-refractivity contribution in [2.75, 3.05) is 0 Å². The van der Waals surface area contributed by atoms with Gasteiger partial charge in [0, 0.05) is 37.4 Å². The molecule has 0 aliphatic rings. The lowest BCUT2D eigenvalue weighted by atomic mass is 9.89. The monoisotopic (exact) mass is 1110 g/mol. The zero-order valence-electron chi connectivity index (χ0n) is 46.6. The summed E-state index contributed by atoms with van der Waals surface area (Å²) in [6.45, 7) is 0. The summed E-state index contributed by atoms with van der Waals surface area (Å²) in [5, 5.41) is 12.2. The molecule has 3 aromatic heterocycles. The van der Waals surface area contributed by atoms with E-state index in [1.54, 1.807) is 0 Å². The van der Waals surface area contributed by atoms with E-state index >= 15 is 0 Å². The fraction of sp³-hybridized carbons (Fsp3) is 0. The third-order valence-electron chi connectivity index (χ3n) is 17.2. The second-order valence-electron chi connectivity index (χ2n) is 22.3. The van der Waals surface area contributed by atoms with Gasteiger partial charge in [-0.25, -0.2) is 4.98 Å². The lowest BCUT2D eigenvalue weighted by molar-refractivity contribution is 0.955. The van der Waals surface area contributed by atoms with E-state index in [1.165, 1.54) is 119 Å². The number of fused-ring (bicyclic) bond motifs is 13. The Labute approximate surface area is 500 Å². The Morgan fingerprint density at radius 1 is 0.221 bits per heavy atom. The molecule has 0 saturated heterocycles. The van der Waals surface area contributed by atoms with Gasteiger partial charge in [0.05, 0.1) is 15.7 Å². The number of nitrogens with zero attached hydrogens (tertiary/aromatic N) is 4. The molecule has 400 valence electrons. The van der Waals surface area contributed by atoms with Crippen LogP contribution < -0.4 is 0 Å². The van der Waals surface area contributed by atoms with Gasteiger partial charge >= 0.3 is 0 Å². The van der Waals surface area contributed by atoms with Crippen molar-refractivity contribution >= 4 is 85.6 Å². The van der Waals surface area contributed by atoms with Crippen molar-refractivity contribution < 1.29 is 0 Å². The molecule has 0 bridgehead atoms. The number of para-hydroxylation sites is 1. The van der Waals surface area contributed by atoms with Gasteiger partial charge in [-0.05, 0) is 160 Å². The minimum absolute atomic E-state index is 0.590. The highest BCUT2D eigenvalue weighted by atomic mass is 32.1. The van der Waals surface area contributed by atoms with E-state index in [0.717, 1.165) is 32.9 Å². The molecule has 0 unspecified atom stereocenters. The van der Waals surface area contributed by atoms with Gasteiger partial charge in [0.15, 0.2) is 11.6 Å². The maximum atomic E-state index is 5.26. The van der Waals surface area contributed by atoms with Gasteiger partial charge in [0.25, 0.3) is 0 Å². The lowest BCUT2D eigenvalue weighted by Crippen LogP contribution is -2.06. The third kappa shape index (κ3) is 8.47. The van der Waals surface area contributed by atoms with Crippen molar-refractivity contribution in [1.82, 2.24) is 19.5 Å². The first-order valence-corrected chi connectivity index (χ1v) is 30.0. The van der Waals surface area contributed by atoms with Crippen molar-refractivity contribution in [3.63, 3.8) is 0 Å². The molecule has 0 aliphatic carbocycles. The summed E-state index contributed by atoms with van der Waals surface area (Å²) in [6.07, 6.45) is 0. The number of hydrogen-bond donors (Lipinski definition) is 0. The molecule has 5 heteroatoms. The fourth-order valence-electron chi connectivity index (χ4n) is 13.0. The van der Waals surface area contributed by atoms with Gasteiger partial charge in [0.1, 0.15) is 0 Å². The van der Waals surface area contributed by atoms with Gasteiger partial charge in [-0.2, -0.15) is 9.97 Å². The Bertz CT molecular complexity index is 5400. The molecule has 86 heavy (non-hydrogen) atoms. The number of rotatable bonds is 9. The SMILES string of the molecule is c1ccc(-c2cc(-c3ccccc3)cc(-c3cccc(-c4cccc(-c5ccc6c(c5)c5ccccc5c5ccc(-c7ccc8sc9c(ccc%10c%11ccccc%11n(-c%11nc(-c%12ccccc%12)nc(-c%12ccccc%12)n%11)c%109)c8c7)cc56)c4)c3)c2)cc1. The van der Waals surface area contributed by atoms with Crippen molar-refractivity contribution in [3.8, 4) is 95.5 Å². The average Bonchev–Trinajstić information content (AvgIpc) is 1.62. The van der Waals surface area contributed by atoms with Gasteiger partial charge in [-0.15, -0.1) is 11.3 Å². The summed E-state index contributed by atoms with van der Waals surface area (Å²) < 4.78 is 4.69. The first kappa shape index (κ1) is 49.5. The maximum absolute atomic E-state index is 5.26. The van der Waals surface area contributed by atoms with Crippen LogP contribution in [0.4, 0.5) is 0 Å². The van der Waals surface area contributed by atoms with Crippen molar-refractivity contribution in [3.05, 3.63) is 303 Å². The average molecular weight is 1110 g/mol. The molecule has 0 amide bonds. The third-order valence-corrected chi connectivity index (χ3v) is 18.4. The molecular formula is C81H50N4S. The lowest BCUT2D eigenvalue weighted by Gasteiger charge is -2.14. The van der Waals surface area contributed by atoms with Crippen LogP contribution in [0.25, 0.3) is 170 Å². The van der Waals surface area contributed by atoms with Crippen molar-refractivity contribution in [2.24, 2.45) is 0 Å². The summed E-state index contributed by atoms with van der Waals surface area (Å²) in [4.78, 5) is 15.6. The van der Waals surface area contributed by atoms with Gasteiger partial charge in [-0.3, -0.25) is 4.57 Å². The second-order valence-corrected chi connectivity index (χ2v) is 23.3. The summed E-state index contributed by atoms with van der Waals surface area (Å²) in [6, 6.07) is 110. The second kappa shape index (κ2) is 20.4. The van der Waals surface area contributed by atoms with Crippen LogP contribution in [-0.2, 0) is 0 Å². The molecule has 14 aromatic carbocycles. The molecular weight excluding hydrogens is 1060 g/mol. The predicted molar refractivity (Wildman–Crippen MR) is 363 cm³/mol. The summed E-state index contributed by atoms with van der Waals surface area (Å²) >= 11 is 1.83. The standard InChI is InChI=1S/C81H50N4S/c1-5-19-51(20-6-1)62-45-63(52-21-7-2-8-22-52)47-64(46-62)58-30-18-28-56(44-58)55-27-17-29-57(43-55)59-36-39-68-72(48-59)66-32-14-13-31-65(66)67-38-35-60(49-73(67)68)61-37-42-76-74(50-61)71-41-40-70-69-33-15-16-34-75(69)85(77(70)78(71)86-76)81-83-79(53-23-9-3-10-24-53)82-80(84-81)54-25-11-4-12-26-54/h1-50H. The van der Waals surface area contributed by atoms with Crippen LogP contribution >= 0.6 is 11.3 Å². The number of benzene rings is 14. The molecule has 0 N–H and O–H groups in total. The number of thiophene rings is 1. The highest BCUT2D eigenvalue weighted by Gasteiger charge is 2.22. The molecule has 17 aromatic rings. The Balaban J connectivity index is 0.758. The first-order valence-electron chi connectivity index (χ1n) is 29.2. The predicted octanol–water partition coefficient (Wildman–Crippen LogP) is 22.1. The zero-order valence-corrected chi connectivity index (χ0v) is 47.4. The molecule has 0 radical (unpaired) electrons. The highest BCUT2D eigenvalue weighted by Crippen LogP contribution is 2.46. The van der Waals surface area contributed by atoms with Crippen molar-refractivity contribution in [2.45, 2.75) is 0 Å². The molecule has 17 rings (SSSR count). The topological polar surface area (TPSA) is 43.6 Å². The van der Waals surface area contributed by atoms with Gasteiger partial charge in [0.2, 0.25) is 5.95 Å². The first-order chi connectivity index (χ1) is 42.6. The quantitative estimate of drug-likeness (QED) is 0.135. The highest BCUT2D eigenvalue weighted by molar-refractivity contribution is 7.26. The van der Waals surface area contributed by atoms with Crippen LogP contribution in [0.1, 0.15) is 0 Å². The number of hydrogen-bond acceptors (Lipinski definition) is 4. The van der Waals surface area contributed by atoms with E-state index < -0.39 is 0 Å². The minimum atomic E-state index is 0.590. The van der Waals surface area contributed by atoms with E-state index in [-0.39, 0.29) is 0 Å². The Hall–Kier alpha value is -11.1. The maximum Gasteiger partial charge on any atom is 0.238 e. The van der Waals surface area contributed by atoms with Gasteiger partial charge < -0.3 is 0 Å². The molecule has 0 fully saturated rings. The summed E-state index contributed by atoms with van der Waals surface area (Å²) in [5.41, 5.74) is 18.3. The zero-order chi connectivity index (χ0) is 56.7. The Kier molecular flexibility index (Phi) is 11.7. The fourth-order valence-corrected chi connectivity index (χ4v) is 14.2. The smallest absolute Gasteiger partial charge is 0.238 e. The molecule has 0 saturated carbocycles. The van der Waals surface area contributed by atoms with E-state index in [0.29, 0.717) is 17.6 Å². The molecule has 0 spiro atoms. The van der Waals surface area contributed by atoms with E-state index in [9.17, 15) is 0 Å².